The van der Waals surface area contributed by atoms with Crippen LogP contribution in [-0.4, -0.2) is 14.2 Å². The van der Waals surface area contributed by atoms with E-state index in [0.717, 1.165) is 16.7 Å². The molecule has 0 amide bonds. The summed E-state index contributed by atoms with van der Waals surface area (Å²) in [5, 5.41) is 0.998. The van der Waals surface area contributed by atoms with Crippen molar-refractivity contribution < 1.29 is 9.47 Å². The second-order valence-electron chi connectivity index (χ2n) is 4.17. The minimum atomic E-state index is 0.360. The predicted molar refractivity (Wildman–Crippen MR) is 82.9 cm³/mol. The SMILES string of the molecule is COc1cc(CN)c(-c2cccc(Cl)c2Cl)cc1OC. The molecule has 0 aliphatic heterocycles. The van der Waals surface area contributed by atoms with Crippen molar-refractivity contribution in [3.8, 4) is 22.6 Å². The molecule has 0 saturated heterocycles. The van der Waals surface area contributed by atoms with E-state index < -0.39 is 0 Å². The van der Waals surface area contributed by atoms with Crippen LogP contribution in [0.2, 0.25) is 10.0 Å². The Morgan fingerprint density at radius 2 is 1.65 bits per heavy atom. The zero-order valence-electron chi connectivity index (χ0n) is 11.2. The van der Waals surface area contributed by atoms with Crippen molar-refractivity contribution in [1.82, 2.24) is 0 Å². The lowest BCUT2D eigenvalue weighted by atomic mass is 9.98. The van der Waals surface area contributed by atoms with E-state index in [1.54, 1.807) is 20.3 Å². The molecule has 5 heteroatoms. The zero-order chi connectivity index (χ0) is 14.7. The lowest BCUT2D eigenvalue weighted by molar-refractivity contribution is 0.354. The number of benzene rings is 2. The first-order valence-corrected chi connectivity index (χ1v) is 6.77. The number of halogens is 2. The van der Waals surface area contributed by atoms with Crippen LogP contribution in [0.1, 0.15) is 5.56 Å². The lowest BCUT2D eigenvalue weighted by Crippen LogP contribution is -2.02. The van der Waals surface area contributed by atoms with Gasteiger partial charge >= 0.3 is 0 Å². The Labute approximate surface area is 128 Å². The summed E-state index contributed by atoms with van der Waals surface area (Å²) in [7, 11) is 3.17. The van der Waals surface area contributed by atoms with Crippen molar-refractivity contribution in [2.45, 2.75) is 6.54 Å². The van der Waals surface area contributed by atoms with Gasteiger partial charge in [0, 0.05) is 12.1 Å². The maximum absolute atomic E-state index is 6.28. The first kappa shape index (κ1) is 15.0. The van der Waals surface area contributed by atoms with Gasteiger partial charge in [0.15, 0.2) is 11.5 Å². The van der Waals surface area contributed by atoms with Gasteiger partial charge in [-0.1, -0.05) is 35.3 Å². The minimum absolute atomic E-state index is 0.360. The van der Waals surface area contributed by atoms with E-state index in [4.69, 9.17) is 38.4 Å². The average molecular weight is 312 g/mol. The van der Waals surface area contributed by atoms with Crippen molar-refractivity contribution in [1.29, 1.82) is 0 Å². The van der Waals surface area contributed by atoms with Crippen LogP contribution in [0.3, 0.4) is 0 Å². The van der Waals surface area contributed by atoms with E-state index in [2.05, 4.69) is 0 Å². The monoisotopic (exact) mass is 311 g/mol. The van der Waals surface area contributed by atoms with Crippen molar-refractivity contribution >= 4 is 23.2 Å². The van der Waals surface area contributed by atoms with Crippen LogP contribution in [0.15, 0.2) is 30.3 Å². The van der Waals surface area contributed by atoms with Gasteiger partial charge in [-0.25, -0.2) is 0 Å². The molecule has 2 rings (SSSR count). The Bertz CT molecular complexity index is 630. The predicted octanol–water partition coefficient (Wildman–Crippen LogP) is 4.14. The first-order chi connectivity index (χ1) is 9.62. The van der Waals surface area contributed by atoms with Crippen molar-refractivity contribution in [2.75, 3.05) is 14.2 Å². The molecule has 0 spiro atoms. The van der Waals surface area contributed by atoms with Crippen molar-refractivity contribution in [2.24, 2.45) is 5.73 Å². The maximum Gasteiger partial charge on any atom is 0.161 e. The number of hydrogen-bond donors (Lipinski definition) is 1. The van der Waals surface area contributed by atoms with Crippen LogP contribution in [0, 0.1) is 0 Å². The molecule has 0 saturated carbocycles. The highest BCUT2D eigenvalue weighted by molar-refractivity contribution is 6.43. The highest BCUT2D eigenvalue weighted by atomic mass is 35.5. The van der Waals surface area contributed by atoms with Gasteiger partial charge in [-0.05, 0) is 29.3 Å². The van der Waals surface area contributed by atoms with Gasteiger partial charge in [0.2, 0.25) is 0 Å². The van der Waals surface area contributed by atoms with Crippen LogP contribution in [0.4, 0.5) is 0 Å². The Morgan fingerprint density at radius 1 is 1.00 bits per heavy atom. The third-order valence-electron chi connectivity index (χ3n) is 3.07. The molecule has 0 fully saturated rings. The highest BCUT2D eigenvalue weighted by Crippen LogP contribution is 2.40. The van der Waals surface area contributed by atoms with Crippen molar-refractivity contribution in [3.63, 3.8) is 0 Å². The van der Waals surface area contributed by atoms with E-state index in [1.165, 1.54) is 0 Å². The Morgan fingerprint density at radius 3 is 2.25 bits per heavy atom. The number of rotatable bonds is 4. The number of ether oxygens (including phenoxy) is 2. The molecule has 2 aromatic carbocycles. The van der Waals surface area contributed by atoms with E-state index in [-0.39, 0.29) is 0 Å². The topological polar surface area (TPSA) is 44.5 Å². The molecule has 0 heterocycles. The van der Waals surface area contributed by atoms with E-state index in [9.17, 15) is 0 Å². The van der Waals surface area contributed by atoms with Gasteiger partial charge in [-0.3, -0.25) is 0 Å². The van der Waals surface area contributed by atoms with Gasteiger partial charge in [-0.2, -0.15) is 0 Å². The van der Waals surface area contributed by atoms with Crippen LogP contribution in [0.25, 0.3) is 11.1 Å². The molecular weight excluding hydrogens is 297 g/mol. The lowest BCUT2D eigenvalue weighted by Gasteiger charge is -2.15. The maximum atomic E-state index is 6.28. The molecule has 0 bridgehead atoms. The Kier molecular flexibility index (Phi) is 4.76. The number of nitrogens with two attached hydrogens (primary N) is 1. The molecule has 0 radical (unpaired) electrons. The number of methoxy groups -OCH3 is 2. The Hall–Kier alpha value is -1.42. The van der Waals surface area contributed by atoms with Gasteiger partial charge in [0.05, 0.1) is 24.3 Å². The fraction of sp³-hybridized carbons (Fsp3) is 0.200. The van der Waals surface area contributed by atoms with Gasteiger partial charge < -0.3 is 15.2 Å². The molecule has 2 aromatic rings. The van der Waals surface area contributed by atoms with E-state index in [0.29, 0.717) is 28.1 Å². The smallest absolute Gasteiger partial charge is 0.161 e. The van der Waals surface area contributed by atoms with Gasteiger partial charge in [0.1, 0.15) is 0 Å². The quantitative estimate of drug-likeness (QED) is 0.923. The normalized spacial score (nSPS) is 10.4. The Balaban J connectivity index is 2.69. The molecule has 0 aliphatic rings. The molecule has 2 N–H and O–H groups in total. The van der Waals surface area contributed by atoms with E-state index >= 15 is 0 Å². The van der Waals surface area contributed by atoms with Crippen LogP contribution < -0.4 is 15.2 Å². The molecule has 0 unspecified atom stereocenters. The van der Waals surface area contributed by atoms with Gasteiger partial charge in [0.25, 0.3) is 0 Å². The summed E-state index contributed by atoms with van der Waals surface area (Å²) in [4.78, 5) is 0. The number of hydrogen-bond acceptors (Lipinski definition) is 3. The molecule has 0 aromatic heterocycles. The third kappa shape index (κ3) is 2.70. The largest absolute Gasteiger partial charge is 0.493 e. The first-order valence-electron chi connectivity index (χ1n) is 6.01. The summed E-state index contributed by atoms with van der Waals surface area (Å²) in [6, 6.07) is 9.20. The van der Waals surface area contributed by atoms with Crippen molar-refractivity contribution in [3.05, 3.63) is 45.9 Å². The summed E-state index contributed by atoms with van der Waals surface area (Å²) in [6.07, 6.45) is 0. The molecule has 3 nitrogen and oxygen atoms in total. The van der Waals surface area contributed by atoms with Crippen LogP contribution in [-0.2, 0) is 6.54 Å². The second kappa shape index (κ2) is 6.35. The summed E-state index contributed by atoms with van der Waals surface area (Å²) in [5.41, 5.74) is 8.43. The fourth-order valence-electron chi connectivity index (χ4n) is 2.05. The fourth-order valence-corrected chi connectivity index (χ4v) is 2.45. The van der Waals surface area contributed by atoms with Gasteiger partial charge in [-0.15, -0.1) is 0 Å². The molecule has 0 aliphatic carbocycles. The highest BCUT2D eigenvalue weighted by Gasteiger charge is 2.15. The molecule has 20 heavy (non-hydrogen) atoms. The standard InChI is InChI=1S/C15H15Cl2NO2/c1-19-13-6-9(8-18)11(7-14(13)20-2)10-4-3-5-12(16)15(10)17/h3-7H,8,18H2,1-2H3. The summed E-state index contributed by atoms with van der Waals surface area (Å²) in [5.74, 6) is 1.26. The zero-order valence-corrected chi connectivity index (χ0v) is 12.8. The summed E-state index contributed by atoms with van der Waals surface area (Å²) < 4.78 is 10.6. The molecule has 0 atom stereocenters. The van der Waals surface area contributed by atoms with E-state index in [1.807, 2.05) is 24.3 Å². The third-order valence-corrected chi connectivity index (χ3v) is 3.89. The molecule has 106 valence electrons. The average Bonchev–Trinajstić information content (AvgIpc) is 2.48. The van der Waals surface area contributed by atoms with Crippen LogP contribution in [0.5, 0.6) is 11.5 Å². The second-order valence-corrected chi connectivity index (χ2v) is 4.96. The summed E-state index contributed by atoms with van der Waals surface area (Å²) in [6.45, 7) is 0.360. The summed E-state index contributed by atoms with van der Waals surface area (Å²) >= 11 is 12.4. The molecular formula is C15H15Cl2NO2. The minimum Gasteiger partial charge on any atom is -0.493 e. The van der Waals surface area contributed by atoms with Crippen LogP contribution >= 0.6 is 23.2 Å².